The van der Waals surface area contributed by atoms with Crippen LogP contribution in [0.2, 0.25) is 0 Å². The first-order valence-corrected chi connectivity index (χ1v) is 7.91. The van der Waals surface area contributed by atoms with Gasteiger partial charge in [0, 0.05) is 18.1 Å². The fourth-order valence-electron chi connectivity index (χ4n) is 2.78. The third-order valence-corrected chi connectivity index (χ3v) is 4.11. The summed E-state index contributed by atoms with van der Waals surface area (Å²) in [6.07, 6.45) is 0.642. The molecule has 3 rings (SSSR count). The molecule has 0 saturated carbocycles. The molecule has 0 radical (unpaired) electrons. The van der Waals surface area contributed by atoms with Gasteiger partial charge < -0.3 is 19.9 Å². The molecule has 0 saturated heterocycles. The third kappa shape index (κ3) is 3.74. The van der Waals surface area contributed by atoms with E-state index < -0.39 is 0 Å². The molecule has 1 aliphatic heterocycles. The third-order valence-electron chi connectivity index (χ3n) is 4.11. The molecule has 0 aliphatic carbocycles. The van der Waals surface area contributed by atoms with Crippen molar-refractivity contribution in [2.75, 3.05) is 21.3 Å². The van der Waals surface area contributed by atoms with E-state index in [1.54, 1.807) is 21.3 Å². The Kier molecular flexibility index (Phi) is 4.88. The molecule has 1 heterocycles. The molecule has 0 amide bonds. The number of nitrogens with zero attached hydrogens (tertiary/aromatic N) is 2. The fourth-order valence-corrected chi connectivity index (χ4v) is 2.78. The van der Waals surface area contributed by atoms with Gasteiger partial charge in [0.15, 0.2) is 0 Å². The predicted octanol–water partition coefficient (Wildman–Crippen LogP) is 2.96. The van der Waals surface area contributed by atoms with E-state index in [1.165, 1.54) is 0 Å². The van der Waals surface area contributed by atoms with E-state index in [-0.39, 0.29) is 12.0 Å². The highest BCUT2D eigenvalue weighted by Gasteiger charge is 2.21. The average Bonchev–Trinajstić information content (AvgIpc) is 2.67. The number of hydrogen-bond donors (Lipinski definition) is 1. The number of nitrogens with two attached hydrogens (primary N) is 1. The van der Waals surface area contributed by atoms with E-state index in [4.69, 9.17) is 19.9 Å². The molecule has 1 atom stereocenters. The topological polar surface area (TPSA) is 78.4 Å². The number of guanidine groups is 1. The summed E-state index contributed by atoms with van der Waals surface area (Å²) in [5.41, 5.74) is 8.79. The highest BCUT2D eigenvalue weighted by atomic mass is 16.5. The van der Waals surface area contributed by atoms with Crippen molar-refractivity contribution in [2.24, 2.45) is 15.7 Å². The van der Waals surface area contributed by atoms with Crippen LogP contribution < -0.4 is 19.9 Å². The number of rotatable bonds is 5. The van der Waals surface area contributed by atoms with Gasteiger partial charge in [-0.25, -0.2) is 9.98 Å². The van der Waals surface area contributed by atoms with Crippen molar-refractivity contribution in [2.45, 2.75) is 12.5 Å². The van der Waals surface area contributed by atoms with E-state index in [2.05, 4.69) is 9.98 Å². The molecule has 130 valence electrons. The normalized spacial score (nSPS) is 16.7. The smallest absolute Gasteiger partial charge is 0.216 e. The number of methoxy groups -OCH3 is 3. The standard InChI is InChI=1S/C19H21N3O3/c1-23-14-6-4-12(5-7-14)17-11-18(22-19(20)21-17)13-8-15(24-2)10-16(9-13)25-3/h4-10,17H,11H2,1-3H3,(H2,20,21). The lowest BCUT2D eigenvalue weighted by molar-refractivity contribution is 0.394. The molecular formula is C19H21N3O3. The predicted molar refractivity (Wildman–Crippen MR) is 98.1 cm³/mol. The minimum Gasteiger partial charge on any atom is -0.497 e. The Bertz CT molecular complexity index is 791. The number of aliphatic imine (C=N–C) groups is 2. The molecule has 0 spiro atoms. The number of benzene rings is 2. The summed E-state index contributed by atoms with van der Waals surface area (Å²) in [5, 5.41) is 0. The van der Waals surface area contributed by atoms with Crippen molar-refractivity contribution in [3.05, 3.63) is 53.6 Å². The second-order valence-electron chi connectivity index (χ2n) is 5.64. The first kappa shape index (κ1) is 16.8. The second kappa shape index (κ2) is 7.25. The second-order valence-corrected chi connectivity index (χ2v) is 5.64. The first-order valence-electron chi connectivity index (χ1n) is 7.91. The monoisotopic (exact) mass is 339 g/mol. The summed E-state index contributed by atoms with van der Waals surface area (Å²) < 4.78 is 15.9. The lowest BCUT2D eigenvalue weighted by Crippen LogP contribution is -2.21. The van der Waals surface area contributed by atoms with Crippen LogP contribution in [0.25, 0.3) is 0 Å². The maximum absolute atomic E-state index is 5.96. The minimum atomic E-state index is -0.0874. The minimum absolute atomic E-state index is 0.0874. The summed E-state index contributed by atoms with van der Waals surface area (Å²) in [5.74, 6) is 2.49. The molecule has 0 bridgehead atoms. The van der Waals surface area contributed by atoms with Crippen molar-refractivity contribution < 1.29 is 14.2 Å². The zero-order chi connectivity index (χ0) is 17.8. The summed E-state index contributed by atoms with van der Waals surface area (Å²) in [7, 11) is 4.89. The van der Waals surface area contributed by atoms with Crippen LogP contribution in [0.5, 0.6) is 17.2 Å². The van der Waals surface area contributed by atoms with Crippen LogP contribution in [0.3, 0.4) is 0 Å². The molecule has 2 aromatic rings. The highest BCUT2D eigenvalue weighted by molar-refractivity contribution is 6.08. The lowest BCUT2D eigenvalue weighted by atomic mass is 9.96. The van der Waals surface area contributed by atoms with Crippen LogP contribution in [-0.4, -0.2) is 33.0 Å². The van der Waals surface area contributed by atoms with Gasteiger partial charge in [-0.05, 0) is 29.8 Å². The van der Waals surface area contributed by atoms with Gasteiger partial charge in [0.25, 0.3) is 0 Å². The first-order chi connectivity index (χ1) is 12.1. The van der Waals surface area contributed by atoms with Gasteiger partial charge in [-0.2, -0.15) is 0 Å². The Morgan fingerprint density at radius 2 is 1.48 bits per heavy atom. The van der Waals surface area contributed by atoms with Crippen LogP contribution in [0.15, 0.2) is 52.4 Å². The molecule has 0 fully saturated rings. The van der Waals surface area contributed by atoms with Crippen molar-refractivity contribution in [1.82, 2.24) is 0 Å². The van der Waals surface area contributed by atoms with Gasteiger partial charge in [-0.15, -0.1) is 0 Å². The van der Waals surface area contributed by atoms with Gasteiger partial charge in [-0.1, -0.05) is 12.1 Å². The number of ether oxygens (including phenoxy) is 3. The molecule has 6 heteroatoms. The average molecular weight is 339 g/mol. The van der Waals surface area contributed by atoms with Crippen molar-refractivity contribution in [3.8, 4) is 17.2 Å². The van der Waals surface area contributed by atoms with E-state index in [0.717, 1.165) is 22.6 Å². The summed E-state index contributed by atoms with van der Waals surface area (Å²) in [4.78, 5) is 8.89. The molecule has 1 unspecified atom stereocenters. The Morgan fingerprint density at radius 3 is 2.04 bits per heavy atom. The van der Waals surface area contributed by atoms with Gasteiger partial charge in [0.05, 0.1) is 33.1 Å². The van der Waals surface area contributed by atoms with E-state index >= 15 is 0 Å². The maximum Gasteiger partial charge on any atom is 0.216 e. The van der Waals surface area contributed by atoms with Gasteiger partial charge in [0.1, 0.15) is 17.2 Å². The van der Waals surface area contributed by atoms with Crippen molar-refractivity contribution in [3.63, 3.8) is 0 Å². The Labute approximate surface area is 147 Å². The van der Waals surface area contributed by atoms with Gasteiger partial charge >= 0.3 is 0 Å². The molecule has 0 aromatic heterocycles. The quantitative estimate of drug-likeness (QED) is 0.908. The molecule has 1 aliphatic rings. The number of hydrogen-bond acceptors (Lipinski definition) is 6. The van der Waals surface area contributed by atoms with Crippen molar-refractivity contribution in [1.29, 1.82) is 0 Å². The molecule has 2 aromatic carbocycles. The summed E-state index contributed by atoms with van der Waals surface area (Å²) in [6, 6.07) is 13.4. The van der Waals surface area contributed by atoms with Crippen LogP contribution in [-0.2, 0) is 0 Å². The highest BCUT2D eigenvalue weighted by Crippen LogP contribution is 2.30. The van der Waals surface area contributed by atoms with Crippen molar-refractivity contribution >= 4 is 11.7 Å². The molecule has 25 heavy (non-hydrogen) atoms. The SMILES string of the molecule is COc1ccc(C2CC(c3cc(OC)cc(OC)c3)=NC(N)=N2)cc1. The van der Waals surface area contributed by atoms with Crippen LogP contribution >= 0.6 is 0 Å². The zero-order valence-electron chi connectivity index (χ0n) is 14.5. The van der Waals surface area contributed by atoms with E-state index in [0.29, 0.717) is 17.9 Å². The summed E-state index contributed by atoms with van der Waals surface area (Å²) >= 11 is 0. The Balaban J connectivity index is 1.92. The lowest BCUT2D eigenvalue weighted by Gasteiger charge is -2.20. The molecular weight excluding hydrogens is 318 g/mol. The van der Waals surface area contributed by atoms with E-state index in [9.17, 15) is 0 Å². The van der Waals surface area contributed by atoms with Crippen LogP contribution in [0, 0.1) is 0 Å². The molecule has 2 N–H and O–H groups in total. The molecule has 6 nitrogen and oxygen atoms in total. The fraction of sp³-hybridized carbons (Fsp3) is 0.263. The van der Waals surface area contributed by atoms with E-state index in [1.807, 2.05) is 42.5 Å². The maximum atomic E-state index is 5.96. The van der Waals surface area contributed by atoms with Crippen LogP contribution in [0.4, 0.5) is 0 Å². The van der Waals surface area contributed by atoms with Crippen LogP contribution in [0.1, 0.15) is 23.6 Å². The Hall–Kier alpha value is -3.02. The summed E-state index contributed by atoms with van der Waals surface area (Å²) in [6.45, 7) is 0. The van der Waals surface area contributed by atoms with Gasteiger partial charge in [-0.3, -0.25) is 0 Å². The Morgan fingerprint density at radius 1 is 0.880 bits per heavy atom. The van der Waals surface area contributed by atoms with Gasteiger partial charge in [0.2, 0.25) is 5.96 Å². The zero-order valence-corrected chi connectivity index (χ0v) is 14.5. The largest absolute Gasteiger partial charge is 0.497 e.